The van der Waals surface area contributed by atoms with Crippen molar-refractivity contribution in [2.75, 3.05) is 39.0 Å². The summed E-state index contributed by atoms with van der Waals surface area (Å²) in [6.07, 6.45) is 3.13. The van der Waals surface area contributed by atoms with Gasteiger partial charge in [0.05, 0.1) is 24.9 Å². The van der Waals surface area contributed by atoms with Gasteiger partial charge in [0.1, 0.15) is 6.04 Å². The molecule has 1 aromatic carbocycles. The molecule has 1 aliphatic heterocycles. The van der Waals surface area contributed by atoms with Crippen LogP contribution in [0.4, 0.5) is 0 Å². The predicted octanol–water partition coefficient (Wildman–Crippen LogP) is 1.62. The fraction of sp³-hybridized carbons (Fsp3) is 0.704. The number of nitrogens with one attached hydrogen (secondary N) is 2. The lowest BCUT2D eigenvalue weighted by molar-refractivity contribution is -0.131. The van der Waals surface area contributed by atoms with E-state index in [9.17, 15) is 23.1 Å². The number of likely N-dealkylation sites (tertiary alicyclic amines) is 1. The largest absolute Gasteiger partial charge is 0.390 e. The van der Waals surface area contributed by atoms with E-state index in [0.29, 0.717) is 12.8 Å². The van der Waals surface area contributed by atoms with Gasteiger partial charge in [0.25, 0.3) is 0 Å². The van der Waals surface area contributed by atoms with Crippen molar-refractivity contribution in [2.24, 2.45) is 11.8 Å². The molecule has 0 bridgehead atoms. The number of carbonyl (C=O) groups excluding carboxylic acids is 2. The highest BCUT2D eigenvalue weighted by atomic mass is 32.2. The third-order valence-corrected chi connectivity index (χ3v) is 8.13. The van der Waals surface area contributed by atoms with Gasteiger partial charge in [-0.3, -0.25) is 14.5 Å². The lowest BCUT2D eigenvalue weighted by Gasteiger charge is -2.32. The molecular formula is C27H46N4O5S. The summed E-state index contributed by atoms with van der Waals surface area (Å²) in [7, 11) is -3.55. The molecule has 37 heavy (non-hydrogen) atoms. The van der Waals surface area contributed by atoms with E-state index >= 15 is 0 Å². The number of hydrogen-bond acceptors (Lipinski definition) is 6. The van der Waals surface area contributed by atoms with Crippen LogP contribution in [0.5, 0.6) is 0 Å². The Morgan fingerprint density at radius 2 is 1.68 bits per heavy atom. The van der Waals surface area contributed by atoms with Gasteiger partial charge in [0.2, 0.25) is 21.8 Å². The Hall–Kier alpha value is -2.01. The van der Waals surface area contributed by atoms with E-state index in [1.54, 1.807) is 0 Å². The minimum atomic E-state index is -3.55. The number of nitrogens with zero attached hydrogens (tertiary/aromatic N) is 2. The molecular weight excluding hydrogens is 492 g/mol. The van der Waals surface area contributed by atoms with Crippen molar-refractivity contribution in [3.63, 3.8) is 0 Å². The van der Waals surface area contributed by atoms with E-state index in [0.717, 1.165) is 37.8 Å². The third kappa shape index (κ3) is 10.7. The maximum atomic E-state index is 13.5. The molecule has 1 aromatic rings. The Bertz CT molecular complexity index is 951. The van der Waals surface area contributed by atoms with Gasteiger partial charge in [-0.05, 0) is 49.8 Å². The minimum Gasteiger partial charge on any atom is -0.390 e. The van der Waals surface area contributed by atoms with Crippen molar-refractivity contribution in [2.45, 2.75) is 71.6 Å². The highest BCUT2D eigenvalue weighted by Crippen LogP contribution is 2.14. The minimum absolute atomic E-state index is 0.0738. The Balaban J connectivity index is 2.21. The zero-order valence-electron chi connectivity index (χ0n) is 23.0. The van der Waals surface area contributed by atoms with Crippen molar-refractivity contribution in [3.8, 4) is 0 Å². The molecule has 0 aliphatic carbocycles. The van der Waals surface area contributed by atoms with Crippen molar-refractivity contribution >= 4 is 21.8 Å². The van der Waals surface area contributed by atoms with Crippen LogP contribution in [-0.4, -0.2) is 91.7 Å². The van der Waals surface area contributed by atoms with Crippen LogP contribution in [0.15, 0.2) is 30.3 Å². The number of hydrogen-bond donors (Lipinski definition) is 3. The fourth-order valence-corrected chi connectivity index (χ4v) is 5.57. The Labute approximate surface area is 223 Å². The first-order valence-electron chi connectivity index (χ1n) is 13.4. The average Bonchev–Trinajstić information content (AvgIpc) is 3.33. The Morgan fingerprint density at radius 3 is 2.22 bits per heavy atom. The molecule has 1 heterocycles. The Morgan fingerprint density at radius 1 is 1.05 bits per heavy atom. The number of rotatable bonds is 15. The van der Waals surface area contributed by atoms with Gasteiger partial charge in [-0.15, -0.1) is 0 Å². The molecule has 9 nitrogen and oxygen atoms in total. The van der Waals surface area contributed by atoms with E-state index in [1.807, 2.05) is 58.0 Å². The zero-order chi connectivity index (χ0) is 27.6. The first-order valence-corrected chi connectivity index (χ1v) is 15.2. The van der Waals surface area contributed by atoms with Crippen molar-refractivity contribution in [1.29, 1.82) is 0 Å². The molecule has 210 valence electrons. The fourth-order valence-electron chi connectivity index (χ4n) is 4.58. The van der Waals surface area contributed by atoms with E-state index in [1.165, 1.54) is 4.31 Å². The summed E-state index contributed by atoms with van der Waals surface area (Å²) in [6.45, 7) is 9.85. The number of aliphatic hydroxyl groups is 1. The van der Waals surface area contributed by atoms with Crippen molar-refractivity contribution < 1.29 is 23.1 Å². The molecule has 2 amide bonds. The summed E-state index contributed by atoms with van der Waals surface area (Å²) in [4.78, 5) is 28.3. The van der Waals surface area contributed by atoms with Gasteiger partial charge >= 0.3 is 0 Å². The normalized spacial score (nSPS) is 17.9. The van der Waals surface area contributed by atoms with Crippen LogP contribution in [0.25, 0.3) is 0 Å². The van der Waals surface area contributed by atoms with Gasteiger partial charge < -0.3 is 15.7 Å². The maximum absolute atomic E-state index is 13.5. The first-order chi connectivity index (χ1) is 17.4. The van der Waals surface area contributed by atoms with Gasteiger partial charge in [0.15, 0.2) is 0 Å². The molecule has 3 N–H and O–H groups in total. The summed E-state index contributed by atoms with van der Waals surface area (Å²) in [5.41, 5.74) is 0.903. The smallest absolute Gasteiger partial charge is 0.243 e. The number of aliphatic hydroxyl groups excluding tert-OH is 1. The number of benzene rings is 1. The maximum Gasteiger partial charge on any atom is 0.243 e. The molecule has 0 aromatic heterocycles. The molecule has 0 radical (unpaired) electrons. The third-order valence-electron chi connectivity index (χ3n) is 6.90. The monoisotopic (exact) mass is 538 g/mol. The highest BCUT2D eigenvalue weighted by Gasteiger charge is 2.32. The predicted molar refractivity (Wildman–Crippen MR) is 146 cm³/mol. The molecule has 1 fully saturated rings. The molecule has 0 saturated carbocycles. The number of sulfonamides is 1. The second-order valence-corrected chi connectivity index (χ2v) is 12.7. The van der Waals surface area contributed by atoms with E-state index in [-0.39, 0.29) is 43.3 Å². The molecule has 1 aliphatic rings. The van der Waals surface area contributed by atoms with Crippen LogP contribution in [-0.2, 0) is 26.0 Å². The number of carbonyl (C=O) groups is 2. The average molecular weight is 539 g/mol. The van der Waals surface area contributed by atoms with Crippen LogP contribution in [0.1, 0.15) is 52.5 Å². The summed E-state index contributed by atoms with van der Waals surface area (Å²) < 4.78 is 26.0. The topological polar surface area (TPSA) is 119 Å². The summed E-state index contributed by atoms with van der Waals surface area (Å²) >= 11 is 0. The first kappa shape index (κ1) is 31.2. The molecule has 4 unspecified atom stereocenters. The zero-order valence-corrected chi connectivity index (χ0v) is 23.8. The van der Waals surface area contributed by atoms with E-state index in [4.69, 9.17) is 0 Å². The highest BCUT2D eigenvalue weighted by molar-refractivity contribution is 7.88. The lowest BCUT2D eigenvalue weighted by Crippen LogP contribution is -2.57. The molecule has 1 saturated heterocycles. The molecule has 2 rings (SSSR count). The second-order valence-electron chi connectivity index (χ2n) is 10.8. The van der Waals surface area contributed by atoms with Crippen LogP contribution in [0.2, 0.25) is 0 Å². The van der Waals surface area contributed by atoms with Gasteiger partial charge in [-0.25, -0.2) is 8.42 Å². The van der Waals surface area contributed by atoms with Gasteiger partial charge in [0, 0.05) is 13.1 Å². The van der Waals surface area contributed by atoms with Gasteiger partial charge in [-0.2, -0.15) is 4.31 Å². The van der Waals surface area contributed by atoms with Crippen LogP contribution in [0.3, 0.4) is 0 Å². The molecule has 0 spiro atoms. The number of amides is 2. The lowest BCUT2D eigenvalue weighted by atomic mass is 9.96. The summed E-state index contributed by atoms with van der Waals surface area (Å²) in [5, 5.41) is 17.1. The quantitative estimate of drug-likeness (QED) is 0.312. The summed E-state index contributed by atoms with van der Waals surface area (Å²) in [5.74, 6) is -0.614. The molecule has 10 heteroatoms. The van der Waals surface area contributed by atoms with E-state index < -0.39 is 28.2 Å². The molecule has 4 atom stereocenters. The second kappa shape index (κ2) is 14.8. The van der Waals surface area contributed by atoms with Crippen LogP contribution in [0, 0.1) is 11.8 Å². The van der Waals surface area contributed by atoms with Crippen molar-refractivity contribution in [1.82, 2.24) is 19.8 Å². The van der Waals surface area contributed by atoms with Gasteiger partial charge in [-0.1, -0.05) is 64.4 Å². The van der Waals surface area contributed by atoms with Crippen LogP contribution < -0.4 is 10.6 Å². The summed E-state index contributed by atoms with van der Waals surface area (Å²) in [6, 6.07) is 7.94. The van der Waals surface area contributed by atoms with E-state index in [2.05, 4.69) is 15.5 Å². The van der Waals surface area contributed by atoms with Crippen LogP contribution >= 0.6 is 0 Å². The van der Waals surface area contributed by atoms with Crippen molar-refractivity contribution in [3.05, 3.63) is 35.9 Å². The SMILES string of the molecule is CCC(C)C(NC(=O)CN1CCCC1)C(=O)NC(Cc1ccccc1)C(O)CN(CC(C)C)S(C)(=O)=O. The standard InChI is InChI=1S/C27H46N4O5S/c1-6-21(4)26(29-25(33)19-30-14-10-11-15-30)27(34)28-23(16-22-12-8-7-9-13-22)24(32)18-31(17-20(2)3)37(5,35)36/h7-9,12-13,20-21,23-24,26,32H,6,10-11,14-19H2,1-5H3,(H,28,34)(H,29,33). The Kier molecular flexibility index (Phi) is 12.5.